The van der Waals surface area contributed by atoms with Crippen molar-refractivity contribution in [2.45, 2.75) is 245 Å². The molecule has 0 bridgehead atoms. The molecule has 1 atom stereocenters. The largest absolute Gasteiger partial charge is 0.462 e. The Morgan fingerprint density at radius 1 is 0.333 bits per heavy atom. The highest BCUT2D eigenvalue weighted by Gasteiger charge is 2.19. The standard InChI is InChI=1S/C57H96O6/c1-4-7-10-13-16-19-22-24-25-26-27-28-29-30-31-33-35-38-41-44-47-50-56(59)62-53-54(52-61-55(58)49-46-43-40-37-34-21-18-15-12-9-6-3)63-57(60)51-48-45-42-39-36-32-23-20-17-14-11-8-5-2/h7,10,16,19-20,23-25,27-28,30-31,35,38,54H,4-6,8-9,11-15,17-18,21-22,26,29,32-34,36-37,39-53H2,1-3H3/b10-7-,19-16-,23-20-,25-24-,28-27-,31-30-,38-35-. The van der Waals surface area contributed by atoms with Gasteiger partial charge in [0.15, 0.2) is 6.10 Å². The molecule has 0 fully saturated rings. The van der Waals surface area contributed by atoms with Gasteiger partial charge in [0.1, 0.15) is 13.2 Å². The average Bonchev–Trinajstić information content (AvgIpc) is 3.28. The Hall–Kier alpha value is -3.41. The number of ether oxygens (including phenoxy) is 3. The summed E-state index contributed by atoms with van der Waals surface area (Å²) in [6.07, 6.45) is 65.7. The summed E-state index contributed by atoms with van der Waals surface area (Å²) in [7, 11) is 0. The highest BCUT2D eigenvalue weighted by molar-refractivity contribution is 5.71. The van der Waals surface area contributed by atoms with E-state index in [1.165, 1.54) is 89.9 Å². The van der Waals surface area contributed by atoms with Gasteiger partial charge in [-0.2, -0.15) is 0 Å². The van der Waals surface area contributed by atoms with Gasteiger partial charge in [-0.05, 0) is 96.3 Å². The van der Waals surface area contributed by atoms with Crippen LogP contribution in [-0.4, -0.2) is 37.2 Å². The van der Waals surface area contributed by atoms with Crippen molar-refractivity contribution < 1.29 is 28.6 Å². The van der Waals surface area contributed by atoms with E-state index in [0.29, 0.717) is 19.3 Å². The maximum Gasteiger partial charge on any atom is 0.306 e. The molecule has 0 aromatic carbocycles. The molecule has 0 rings (SSSR count). The van der Waals surface area contributed by atoms with Gasteiger partial charge < -0.3 is 14.2 Å². The van der Waals surface area contributed by atoms with E-state index in [-0.39, 0.29) is 31.1 Å². The van der Waals surface area contributed by atoms with E-state index >= 15 is 0 Å². The zero-order valence-electron chi connectivity index (χ0n) is 41.1. The Bertz CT molecular complexity index is 1240. The van der Waals surface area contributed by atoms with Crippen LogP contribution in [0.5, 0.6) is 0 Å². The Morgan fingerprint density at radius 3 is 1.03 bits per heavy atom. The normalized spacial score (nSPS) is 12.7. The molecule has 0 aliphatic carbocycles. The Labute approximate surface area is 388 Å². The van der Waals surface area contributed by atoms with E-state index in [0.717, 1.165) is 109 Å². The molecular formula is C57H96O6. The molecule has 6 nitrogen and oxygen atoms in total. The van der Waals surface area contributed by atoms with E-state index in [1.807, 2.05) is 0 Å². The van der Waals surface area contributed by atoms with Gasteiger partial charge in [0, 0.05) is 19.3 Å². The van der Waals surface area contributed by atoms with Crippen LogP contribution in [0.4, 0.5) is 0 Å². The van der Waals surface area contributed by atoms with Crippen molar-refractivity contribution in [3.8, 4) is 0 Å². The van der Waals surface area contributed by atoms with Gasteiger partial charge in [0.05, 0.1) is 0 Å². The lowest BCUT2D eigenvalue weighted by Crippen LogP contribution is -2.30. The van der Waals surface area contributed by atoms with Crippen molar-refractivity contribution in [2.24, 2.45) is 0 Å². The maximum atomic E-state index is 12.8. The third-order valence-corrected chi connectivity index (χ3v) is 10.9. The number of carbonyl (C=O) groups excluding carboxylic acids is 3. The Kier molecular flexibility index (Phi) is 48.5. The molecule has 0 aromatic heterocycles. The van der Waals surface area contributed by atoms with E-state index in [2.05, 4.69) is 106 Å². The van der Waals surface area contributed by atoms with Crippen LogP contribution in [0.25, 0.3) is 0 Å². The van der Waals surface area contributed by atoms with Gasteiger partial charge in [-0.1, -0.05) is 209 Å². The minimum absolute atomic E-state index is 0.0926. The van der Waals surface area contributed by atoms with Crippen LogP contribution in [0.2, 0.25) is 0 Å². The Morgan fingerprint density at radius 2 is 0.619 bits per heavy atom. The quantitative estimate of drug-likeness (QED) is 0.0262. The first-order chi connectivity index (χ1) is 31.0. The fraction of sp³-hybridized carbons (Fsp3) is 0.702. The minimum atomic E-state index is -0.796. The SMILES string of the molecule is CC/C=C\C/C=C\C/C=C\C/C=C\C/C=C\C/C=C\CCCCC(=O)OCC(COC(=O)CCCCCCCCCCCCC)OC(=O)CCCCCCC/C=C\CCCCCC. The number of esters is 3. The number of allylic oxidation sites excluding steroid dienone is 14. The molecule has 0 aliphatic heterocycles. The second-order valence-corrected chi connectivity index (χ2v) is 17.1. The topological polar surface area (TPSA) is 78.9 Å². The number of hydrogen-bond donors (Lipinski definition) is 0. The van der Waals surface area contributed by atoms with Crippen molar-refractivity contribution in [3.05, 3.63) is 85.1 Å². The van der Waals surface area contributed by atoms with Crippen molar-refractivity contribution in [3.63, 3.8) is 0 Å². The molecule has 0 aliphatic rings. The molecule has 0 aromatic rings. The van der Waals surface area contributed by atoms with Crippen LogP contribution in [-0.2, 0) is 28.6 Å². The molecule has 6 heteroatoms. The summed E-state index contributed by atoms with van der Waals surface area (Å²) >= 11 is 0. The average molecular weight is 877 g/mol. The lowest BCUT2D eigenvalue weighted by atomic mass is 10.1. The molecule has 0 heterocycles. The van der Waals surface area contributed by atoms with Gasteiger partial charge in [-0.15, -0.1) is 0 Å². The minimum Gasteiger partial charge on any atom is -0.462 e. The molecule has 360 valence electrons. The van der Waals surface area contributed by atoms with Crippen molar-refractivity contribution in [2.75, 3.05) is 13.2 Å². The second-order valence-electron chi connectivity index (χ2n) is 17.1. The number of hydrogen-bond acceptors (Lipinski definition) is 6. The van der Waals surface area contributed by atoms with Crippen molar-refractivity contribution in [1.82, 2.24) is 0 Å². The first-order valence-corrected chi connectivity index (χ1v) is 26.1. The molecular weight excluding hydrogens is 781 g/mol. The third kappa shape index (κ3) is 49.5. The highest BCUT2D eigenvalue weighted by atomic mass is 16.6. The fourth-order valence-corrected chi connectivity index (χ4v) is 6.97. The summed E-state index contributed by atoms with van der Waals surface area (Å²) in [6, 6.07) is 0. The fourth-order valence-electron chi connectivity index (χ4n) is 6.97. The summed E-state index contributed by atoms with van der Waals surface area (Å²) in [6.45, 7) is 6.45. The molecule has 0 saturated carbocycles. The summed E-state index contributed by atoms with van der Waals surface area (Å²) in [5, 5.41) is 0. The Balaban J connectivity index is 4.43. The van der Waals surface area contributed by atoms with Crippen LogP contribution in [0.1, 0.15) is 239 Å². The highest BCUT2D eigenvalue weighted by Crippen LogP contribution is 2.14. The maximum absolute atomic E-state index is 12.8. The smallest absolute Gasteiger partial charge is 0.306 e. The van der Waals surface area contributed by atoms with Crippen LogP contribution in [0.3, 0.4) is 0 Å². The predicted molar refractivity (Wildman–Crippen MR) is 270 cm³/mol. The lowest BCUT2D eigenvalue weighted by Gasteiger charge is -2.18. The summed E-state index contributed by atoms with van der Waals surface area (Å²) in [5.74, 6) is -0.948. The molecule has 0 N–H and O–H groups in total. The van der Waals surface area contributed by atoms with Gasteiger partial charge in [-0.25, -0.2) is 0 Å². The second kappa shape index (κ2) is 51.2. The molecule has 0 radical (unpaired) electrons. The first-order valence-electron chi connectivity index (χ1n) is 26.1. The molecule has 1 unspecified atom stereocenters. The number of rotatable bonds is 46. The van der Waals surface area contributed by atoms with E-state index in [1.54, 1.807) is 0 Å². The lowest BCUT2D eigenvalue weighted by molar-refractivity contribution is -0.167. The van der Waals surface area contributed by atoms with Crippen molar-refractivity contribution in [1.29, 1.82) is 0 Å². The van der Waals surface area contributed by atoms with E-state index < -0.39 is 6.10 Å². The zero-order chi connectivity index (χ0) is 45.8. The van der Waals surface area contributed by atoms with Gasteiger partial charge >= 0.3 is 17.9 Å². The molecule has 63 heavy (non-hydrogen) atoms. The van der Waals surface area contributed by atoms with E-state index in [4.69, 9.17) is 14.2 Å². The van der Waals surface area contributed by atoms with Crippen molar-refractivity contribution >= 4 is 17.9 Å². The van der Waals surface area contributed by atoms with Crippen LogP contribution >= 0.6 is 0 Å². The third-order valence-electron chi connectivity index (χ3n) is 10.9. The van der Waals surface area contributed by atoms with Gasteiger partial charge in [0.2, 0.25) is 0 Å². The molecule has 0 amide bonds. The summed E-state index contributed by atoms with van der Waals surface area (Å²) in [5.41, 5.74) is 0. The predicted octanol–water partition coefficient (Wildman–Crippen LogP) is 17.2. The van der Waals surface area contributed by atoms with Crippen LogP contribution in [0.15, 0.2) is 85.1 Å². The number of carbonyl (C=O) groups is 3. The first kappa shape index (κ1) is 59.6. The number of unbranched alkanes of at least 4 members (excludes halogenated alkanes) is 21. The molecule has 0 spiro atoms. The monoisotopic (exact) mass is 877 g/mol. The van der Waals surface area contributed by atoms with Crippen LogP contribution in [0, 0.1) is 0 Å². The summed E-state index contributed by atoms with van der Waals surface area (Å²) < 4.78 is 16.7. The van der Waals surface area contributed by atoms with E-state index in [9.17, 15) is 14.4 Å². The molecule has 0 saturated heterocycles. The van der Waals surface area contributed by atoms with Gasteiger partial charge in [0.25, 0.3) is 0 Å². The summed E-state index contributed by atoms with van der Waals surface area (Å²) in [4.78, 5) is 37.9. The van der Waals surface area contributed by atoms with Gasteiger partial charge in [-0.3, -0.25) is 14.4 Å². The zero-order valence-corrected chi connectivity index (χ0v) is 41.1. The van der Waals surface area contributed by atoms with Crippen LogP contribution < -0.4 is 0 Å².